The summed E-state index contributed by atoms with van der Waals surface area (Å²) >= 11 is 1.05. The number of hydrogen-bond donors (Lipinski definition) is 1. The molecule has 0 aliphatic rings. The number of rotatable bonds is 5. The molecule has 0 aliphatic heterocycles. The predicted octanol–water partition coefficient (Wildman–Crippen LogP) is 3.71. The highest BCUT2D eigenvalue weighted by Gasteiger charge is 2.30. The van der Waals surface area contributed by atoms with Gasteiger partial charge >= 0.3 is 6.18 Å². The smallest absolute Gasteiger partial charge is 0.416 e. The fourth-order valence-corrected chi connectivity index (χ4v) is 2.35. The predicted molar refractivity (Wildman–Crippen MR) is 72.7 cm³/mol. The molecule has 1 amide bonds. The van der Waals surface area contributed by atoms with Crippen LogP contribution >= 0.6 is 11.8 Å². The summed E-state index contributed by atoms with van der Waals surface area (Å²) in [6.07, 6.45) is -2.88. The van der Waals surface area contributed by atoms with E-state index in [1.54, 1.807) is 18.2 Å². The molecule has 21 heavy (non-hydrogen) atoms. The molecular formula is C14H12F3NO2S. The number of furan rings is 1. The van der Waals surface area contributed by atoms with Gasteiger partial charge in [0.05, 0.1) is 24.1 Å². The number of benzene rings is 1. The van der Waals surface area contributed by atoms with Crippen LogP contribution in [-0.2, 0) is 17.5 Å². The Kier molecular flexibility index (Phi) is 4.95. The normalized spacial score (nSPS) is 11.4. The number of carbonyl (C=O) groups excluding carboxylic acids is 1. The fraction of sp³-hybridized carbons (Fsp3) is 0.214. The summed E-state index contributed by atoms with van der Waals surface area (Å²) in [5.74, 6) is 0.392. The summed E-state index contributed by atoms with van der Waals surface area (Å²) in [5.41, 5.74) is -0.719. The molecule has 0 saturated carbocycles. The maximum Gasteiger partial charge on any atom is 0.416 e. The molecular weight excluding hydrogens is 303 g/mol. The highest BCUT2D eigenvalue weighted by atomic mass is 32.2. The van der Waals surface area contributed by atoms with Gasteiger partial charge in [-0.2, -0.15) is 13.2 Å². The van der Waals surface area contributed by atoms with Crippen molar-refractivity contribution in [3.8, 4) is 0 Å². The van der Waals surface area contributed by atoms with Crippen LogP contribution in [0.1, 0.15) is 11.3 Å². The number of hydrogen-bond acceptors (Lipinski definition) is 3. The van der Waals surface area contributed by atoms with E-state index in [4.69, 9.17) is 4.42 Å². The topological polar surface area (TPSA) is 42.2 Å². The molecule has 0 unspecified atom stereocenters. The molecule has 2 aromatic rings. The SMILES string of the molecule is O=C(CSc1cccc(C(F)(F)F)c1)NCc1ccco1. The molecule has 1 heterocycles. The van der Waals surface area contributed by atoms with Crippen LogP contribution in [0.3, 0.4) is 0 Å². The van der Waals surface area contributed by atoms with Crippen LogP contribution in [0.15, 0.2) is 52.0 Å². The van der Waals surface area contributed by atoms with Crippen molar-refractivity contribution in [2.24, 2.45) is 0 Å². The summed E-state index contributed by atoms with van der Waals surface area (Å²) in [6, 6.07) is 8.33. The van der Waals surface area contributed by atoms with E-state index in [1.165, 1.54) is 12.3 Å². The van der Waals surface area contributed by atoms with E-state index in [-0.39, 0.29) is 18.2 Å². The monoisotopic (exact) mass is 315 g/mol. The van der Waals surface area contributed by atoms with Gasteiger partial charge in [-0.05, 0) is 30.3 Å². The Hall–Kier alpha value is -1.89. The Bertz CT molecular complexity index is 597. The standard InChI is InChI=1S/C14H12F3NO2S/c15-14(16,17)10-3-1-5-12(7-10)21-9-13(19)18-8-11-4-2-6-20-11/h1-7H,8-9H2,(H,18,19). The first kappa shape index (κ1) is 15.5. The highest BCUT2D eigenvalue weighted by molar-refractivity contribution is 8.00. The van der Waals surface area contributed by atoms with Gasteiger partial charge in [0.1, 0.15) is 5.76 Å². The molecule has 0 aliphatic carbocycles. The van der Waals surface area contributed by atoms with Crippen LogP contribution in [-0.4, -0.2) is 11.7 Å². The van der Waals surface area contributed by atoms with Crippen molar-refractivity contribution >= 4 is 17.7 Å². The van der Waals surface area contributed by atoms with Crippen LogP contribution in [0.2, 0.25) is 0 Å². The van der Waals surface area contributed by atoms with Crippen LogP contribution in [0.5, 0.6) is 0 Å². The van der Waals surface area contributed by atoms with Crippen LogP contribution in [0.4, 0.5) is 13.2 Å². The molecule has 7 heteroatoms. The van der Waals surface area contributed by atoms with Crippen molar-refractivity contribution in [1.29, 1.82) is 0 Å². The second-order valence-corrected chi connectivity index (χ2v) is 5.22. The van der Waals surface area contributed by atoms with Gasteiger partial charge in [-0.15, -0.1) is 11.8 Å². The number of carbonyl (C=O) groups is 1. The van der Waals surface area contributed by atoms with Crippen molar-refractivity contribution in [2.75, 3.05) is 5.75 Å². The Morgan fingerprint density at radius 3 is 2.71 bits per heavy atom. The molecule has 0 spiro atoms. The first-order chi connectivity index (χ1) is 9.95. The number of amides is 1. The number of nitrogens with one attached hydrogen (secondary N) is 1. The van der Waals surface area contributed by atoms with Crippen molar-refractivity contribution in [2.45, 2.75) is 17.6 Å². The van der Waals surface area contributed by atoms with Gasteiger partial charge in [0.25, 0.3) is 0 Å². The van der Waals surface area contributed by atoms with Gasteiger partial charge in [-0.3, -0.25) is 4.79 Å². The Labute approximate surface area is 123 Å². The minimum Gasteiger partial charge on any atom is -0.467 e. The maximum atomic E-state index is 12.5. The lowest BCUT2D eigenvalue weighted by Crippen LogP contribution is -2.24. The van der Waals surface area contributed by atoms with Gasteiger partial charge in [-0.25, -0.2) is 0 Å². The quantitative estimate of drug-likeness (QED) is 0.855. The second-order valence-electron chi connectivity index (χ2n) is 4.17. The zero-order valence-corrected chi connectivity index (χ0v) is 11.6. The molecule has 1 aromatic carbocycles. The van der Waals surface area contributed by atoms with Gasteiger partial charge in [-0.1, -0.05) is 6.07 Å². The average Bonchev–Trinajstić information content (AvgIpc) is 2.95. The molecule has 0 bridgehead atoms. The largest absolute Gasteiger partial charge is 0.467 e. The van der Waals surface area contributed by atoms with Crippen LogP contribution in [0, 0.1) is 0 Å². The van der Waals surface area contributed by atoms with Crippen molar-refractivity contribution in [3.63, 3.8) is 0 Å². The average molecular weight is 315 g/mol. The van der Waals surface area contributed by atoms with Crippen LogP contribution < -0.4 is 5.32 Å². The molecule has 0 saturated heterocycles. The lowest BCUT2D eigenvalue weighted by molar-refractivity contribution is -0.137. The third kappa shape index (κ3) is 4.86. The van der Waals surface area contributed by atoms with E-state index in [0.717, 1.165) is 23.9 Å². The first-order valence-corrected chi connectivity index (χ1v) is 7.03. The molecule has 112 valence electrons. The Balaban J connectivity index is 1.83. The zero-order valence-electron chi connectivity index (χ0n) is 10.8. The molecule has 2 rings (SSSR count). The molecule has 3 nitrogen and oxygen atoms in total. The first-order valence-electron chi connectivity index (χ1n) is 6.04. The van der Waals surface area contributed by atoms with Gasteiger partial charge < -0.3 is 9.73 Å². The second kappa shape index (κ2) is 6.71. The maximum absolute atomic E-state index is 12.5. The van der Waals surface area contributed by atoms with Crippen molar-refractivity contribution in [1.82, 2.24) is 5.32 Å². The van der Waals surface area contributed by atoms with Crippen molar-refractivity contribution in [3.05, 3.63) is 54.0 Å². The minimum absolute atomic E-state index is 0.0437. The summed E-state index contributed by atoms with van der Waals surface area (Å²) in [7, 11) is 0. The summed E-state index contributed by atoms with van der Waals surface area (Å²) < 4.78 is 42.7. The van der Waals surface area contributed by atoms with Gasteiger partial charge in [0.15, 0.2) is 0 Å². The van der Waals surface area contributed by atoms with E-state index >= 15 is 0 Å². The summed E-state index contributed by atoms with van der Waals surface area (Å²) in [5, 5.41) is 2.62. The molecule has 1 N–H and O–H groups in total. The van der Waals surface area contributed by atoms with Crippen molar-refractivity contribution < 1.29 is 22.4 Å². The zero-order chi connectivity index (χ0) is 15.3. The molecule has 0 fully saturated rings. The number of alkyl halides is 3. The van der Waals surface area contributed by atoms with E-state index < -0.39 is 11.7 Å². The minimum atomic E-state index is -4.38. The third-order valence-electron chi connectivity index (χ3n) is 2.57. The summed E-state index contributed by atoms with van der Waals surface area (Å²) in [6.45, 7) is 0.259. The molecule has 0 atom stereocenters. The molecule has 1 aromatic heterocycles. The summed E-state index contributed by atoms with van der Waals surface area (Å²) in [4.78, 5) is 12.0. The Morgan fingerprint density at radius 2 is 2.05 bits per heavy atom. The fourth-order valence-electron chi connectivity index (χ4n) is 1.56. The third-order valence-corrected chi connectivity index (χ3v) is 3.56. The lowest BCUT2D eigenvalue weighted by atomic mass is 10.2. The number of thioether (sulfide) groups is 1. The van der Waals surface area contributed by atoms with E-state index in [9.17, 15) is 18.0 Å². The number of halogens is 3. The lowest BCUT2D eigenvalue weighted by Gasteiger charge is -2.08. The Morgan fingerprint density at radius 1 is 1.24 bits per heavy atom. The van der Waals surface area contributed by atoms with E-state index in [2.05, 4.69) is 5.32 Å². The van der Waals surface area contributed by atoms with E-state index in [0.29, 0.717) is 10.7 Å². The van der Waals surface area contributed by atoms with Gasteiger partial charge in [0.2, 0.25) is 5.91 Å². The van der Waals surface area contributed by atoms with Gasteiger partial charge in [0, 0.05) is 4.90 Å². The van der Waals surface area contributed by atoms with Crippen LogP contribution in [0.25, 0.3) is 0 Å². The molecule has 0 radical (unpaired) electrons. The van der Waals surface area contributed by atoms with E-state index in [1.807, 2.05) is 0 Å². The highest BCUT2D eigenvalue weighted by Crippen LogP contribution is 2.31.